The van der Waals surface area contributed by atoms with Crippen LogP contribution in [0, 0.1) is 75.8 Å². The third kappa shape index (κ3) is 1.50. The van der Waals surface area contributed by atoms with Gasteiger partial charge in [0.15, 0.2) is 0 Å². The third-order valence-electron chi connectivity index (χ3n) is 22.0. The van der Waals surface area contributed by atoms with E-state index < -0.39 is 0 Å². The molecule has 4 bridgehead atoms. The smallest absolute Gasteiger partial charge is 0.0315 e. The Morgan fingerprint density at radius 1 is 0.216 bits per heavy atom. The molecule has 0 aromatic carbocycles. The fourth-order valence-electron chi connectivity index (χ4n) is 17.8. The van der Waals surface area contributed by atoms with Crippen molar-refractivity contribution in [3.63, 3.8) is 0 Å². The third-order valence-corrected chi connectivity index (χ3v) is 24.4. The predicted molar refractivity (Wildman–Crippen MR) is 170 cm³/mol. The van der Waals surface area contributed by atoms with Crippen molar-refractivity contribution in [3.05, 3.63) is 0 Å². The standard InChI is InChI=1S/C36H63I/c1-22(2)23(3,4)29(14)30(15,24(22,5)6)32(17)26(9,10)31(29,16)34(19)28(13)25(7,8)33(18,35(32,34)20)36(21,37)27(28,11)12/h1-21H3. The van der Waals surface area contributed by atoms with E-state index in [1.54, 1.807) is 0 Å². The summed E-state index contributed by atoms with van der Waals surface area (Å²) in [7, 11) is 0. The molecule has 0 N–H and O–H groups in total. The van der Waals surface area contributed by atoms with Crippen LogP contribution < -0.4 is 0 Å². The number of hydrogen-bond donors (Lipinski definition) is 0. The molecular formula is C36H63I. The SMILES string of the molecule is CC1(C)C(C)(C)C2(C)C(C)(C1(C)C)C1(C)C(C)(C)C2(C)C2(C)C3(C)C(C)(C)C(C)(I)C(C)(C3(C)C)C12C. The summed E-state index contributed by atoms with van der Waals surface area (Å²) in [4.78, 5) is 0. The van der Waals surface area contributed by atoms with Crippen molar-refractivity contribution in [2.75, 3.05) is 0 Å². The van der Waals surface area contributed by atoms with Crippen LogP contribution >= 0.6 is 22.6 Å². The lowest BCUT2D eigenvalue weighted by molar-refractivity contribution is -0.314. The van der Waals surface area contributed by atoms with Crippen LogP contribution in [0.3, 0.4) is 0 Å². The first kappa shape index (κ1) is 29.2. The highest BCUT2D eigenvalue weighted by Crippen LogP contribution is 3.12. The van der Waals surface area contributed by atoms with Crippen molar-refractivity contribution < 1.29 is 0 Å². The Bertz CT molecular complexity index is 1060. The lowest BCUT2D eigenvalue weighted by Gasteiger charge is -2.79. The van der Waals surface area contributed by atoms with Crippen LogP contribution in [-0.2, 0) is 0 Å². The molecule has 0 aromatic heterocycles. The van der Waals surface area contributed by atoms with Gasteiger partial charge in [-0.15, -0.1) is 0 Å². The second kappa shape index (κ2) is 5.70. The molecule has 0 amide bonds. The minimum Gasteiger partial charge on any atom is -0.0779 e. The first-order chi connectivity index (χ1) is 15.8. The Kier molecular flexibility index (Phi) is 4.50. The molecule has 9 unspecified atom stereocenters. The van der Waals surface area contributed by atoms with E-state index in [1.807, 2.05) is 0 Å². The van der Waals surface area contributed by atoms with Gasteiger partial charge in [-0.3, -0.25) is 0 Å². The molecule has 1 heteroatoms. The van der Waals surface area contributed by atoms with E-state index >= 15 is 0 Å². The molecular weight excluding hydrogens is 559 g/mol. The summed E-state index contributed by atoms with van der Waals surface area (Å²) in [6.45, 7) is 57.4. The minimum atomic E-state index is 0.131. The molecule has 0 aromatic rings. The second-order valence-electron chi connectivity index (χ2n) is 19.8. The van der Waals surface area contributed by atoms with Crippen LogP contribution in [0.4, 0.5) is 0 Å². The maximum atomic E-state index is 2.98. The molecule has 5 saturated carbocycles. The van der Waals surface area contributed by atoms with E-state index in [-0.39, 0.29) is 79.2 Å². The summed E-state index contributed by atoms with van der Waals surface area (Å²) in [6.07, 6.45) is 0. The molecule has 5 fully saturated rings. The molecule has 0 heterocycles. The zero-order chi connectivity index (χ0) is 29.5. The summed E-state index contributed by atoms with van der Waals surface area (Å²) in [5.74, 6) is 0. The molecule has 0 nitrogen and oxygen atoms in total. The predicted octanol–water partition coefficient (Wildman–Crippen LogP) is 11.5. The van der Waals surface area contributed by atoms with Gasteiger partial charge < -0.3 is 0 Å². The molecule has 214 valence electrons. The maximum absolute atomic E-state index is 2.98. The van der Waals surface area contributed by atoms with Gasteiger partial charge in [-0.2, -0.15) is 0 Å². The van der Waals surface area contributed by atoms with Crippen molar-refractivity contribution in [2.45, 2.75) is 149 Å². The van der Waals surface area contributed by atoms with Crippen molar-refractivity contribution in [3.8, 4) is 0 Å². The van der Waals surface area contributed by atoms with Crippen LogP contribution in [0.15, 0.2) is 0 Å². The van der Waals surface area contributed by atoms with Gasteiger partial charge in [0, 0.05) is 3.42 Å². The van der Waals surface area contributed by atoms with Crippen LogP contribution in [-0.4, -0.2) is 3.42 Å². The number of hydrogen-bond acceptors (Lipinski definition) is 0. The summed E-state index contributed by atoms with van der Waals surface area (Å²) < 4.78 is 0.171. The molecule has 37 heavy (non-hydrogen) atoms. The monoisotopic (exact) mass is 622 g/mol. The van der Waals surface area contributed by atoms with Crippen LogP contribution in [0.1, 0.15) is 145 Å². The highest BCUT2D eigenvalue weighted by molar-refractivity contribution is 14.1. The van der Waals surface area contributed by atoms with Crippen molar-refractivity contribution in [2.24, 2.45) is 75.8 Å². The van der Waals surface area contributed by atoms with Gasteiger partial charge in [0.25, 0.3) is 0 Å². The first-order valence-corrected chi connectivity index (χ1v) is 16.5. The lowest BCUT2D eigenvalue weighted by Crippen LogP contribution is -2.77. The van der Waals surface area contributed by atoms with E-state index in [0.29, 0.717) is 0 Å². The normalized spacial score (nSPS) is 64.1. The van der Waals surface area contributed by atoms with E-state index in [4.69, 9.17) is 0 Å². The second-order valence-corrected chi connectivity index (χ2v) is 21.9. The molecule has 5 rings (SSSR count). The summed E-state index contributed by atoms with van der Waals surface area (Å²) in [5.41, 5.74) is 2.29. The maximum Gasteiger partial charge on any atom is 0.0315 e. The Balaban J connectivity index is 2.14. The zero-order valence-electron chi connectivity index (χ0n) is 28.9. The van der Waals surface area contributed by atoms with Gasteiger partial charge >= 0.3 is 0 Å². The number of rotatable bonds is 0. The van der Waals surface area contributed by atoms with Crippen LogP contribution in [0.25, 0.3) is 0 Å². The number of halogens is 1. The van der Waals surface area contributed by atoms with Crippen molar-refractivity contribution in [1.29, 1.82) is 0 Å². The van der Waals surface area contributed by atoms with Gasteiger partial charge in [-0.05, 0) is 82.7 Å². The topological polar surface area (TPSA) is 0 Å². The average Bonchev–Trinajstić information content (AvgIpc) is 3.00. The highest BCUT2D eigenvalue weighted by atomic mass is 127. The molecule has 0 spiro atoms. The Hall–Kier alpha value is 0.730. The van der Waals surface area contributed by atoms with E-state index in [2.05, 4.69) is 168 Å². The zero-order valence-corrected chi connectivity index (χ0v) is 31.0. The van der Waals surface area contributed by atoms with E-state index in [0.717, 1.165) is 0 Å². The first-order valence-electron chi connectivity index (χ1n) is 15.4. The van der Waals surface area contributed by atoms with Gasteiger partial charge in [-0.25, -0.2) is 0 Å². The average molecular weight is 623 g/mol. The summed E-state index contributed by atoms with van der Waals surface area (Å²) in [6, 6.07) is 0. The van der Waals surface area contributed by atoms with E-state index in [1.165, 1.54) is 0 Å². The number of fused-ring (bicyclic) bond motifs is 12. The Morgan fingerprint density at radius 2 is 0.459 bits per heavy atom. The van der Waals surface area contributed by atoms with Gasteiger partial charge in [0.2, 0.25) is 0 Å². The van der Waals surface area contributed by atoms with Crippen molar-refractivity contribution >= 4 is 22.6 Å². The fourth-order valence-corrected chi connectivity index (χ4v) is 19.6. The quantitative estimate of drug-likeness (QED) is 0.143. The van der Waals surface area contributed by atoms with Crippen LogP contribution in [0.2, 0.25) is 0 Å². The lowest BCUT2D eigenvalue weighted by atomic mass is 9.25. The molecule has 0 saturated heterocycles. The molecule has 5 aliphatic carbocycles. The largest absolute Gasteiger partial charge is 0.0779 e. The Morgan fingerprint density at radius 3 is 0.784 bits per heavy atom. The molecule has 0 radical (unpaired) electrons. The molecule has 9 atom stereocenters. The highest BCUT2D eigenvalue weighted by Gasteiger charge is 3.08. The fraction of sp³-hybridized carbons (Fsp3) is 1.00. The van der Waals surface area contributed by atoms with Crippen LogP contribution in [0.5, 0.6) is 0 Å². The molecule has 5 aliphatic rings. The summed E-state index contributed by atoms with van der Waals surface area (Å²) >= 11 is 2.98. The molecule has 0 aliphatic heterocycles. The minimum absolute atomic E-state index is 0.131. The van der Waals surface area contributed by atoms with E-state index in [9.17, 15) is 0 Å². The van der Waals surface area contributed by atoms with Gasteiger partial charge in [0.1, 0.15) is 0 Å². The number of alkyl halides is 1. The van der Waals surface area contributed by atoms with Crippen molar-refractivity contribution in [1.82, 2.24) is 0 Å². The Labute approximate surface area is 246 Å². The summed E-state index contributed by atoms with van der Waals surface area (Å²) in [5, 5.41) is 0. The van der Waals surface area contributed by atoms with Gasteiger partial charge in [-0.1, -0.05) is 161 Å². The van der Waals surface area contributed by atoms with Gasteiger partial charge in [0.05, 0.1) is 0 Å².